The van der Waals surface area contributed by atoms with Gasteiger partial charge in [0.2, 0.25) is 0 Å². The fraction of sp³-hybridized carbons (Fsp3) is 0.409. The number of nitrogens with two attached hydrogens (primary N) is 1. The van der Waals surface area contributed by atoms with Crippen molar-refractivity contribution in [3.63, 3.8) is 0 Å². The number of methoxy groups -OCH3 is 1. The Morgan fingerprint density at radius 3 is 2.23 bits per heavy atom. The van der Waals surface area contributed by atoms with Gasteiger partial charge in [-0.1, -0.05) is 12.1 Å². The third-order valence-electron chi connectivity index (χ3n) is 4.38. The van der Waals surface area contributed by atoms with Crippen molar-refractivity contribution in [2.24, 2.45) is 10.7 Å². The lowest BCUT2D eigenvalue weighted by Gasteiger charge is -2.23. The molecule has 1 atom stereocenters. The number of nitrogens with zero attached hydrogens (tertiary/aromatic N) is 2. The van der Waals surface area contributed by atoms with E-state index in [0.717, 1.165) is 22.7 Å². The fourth-order valence-corrected chi connectivity index (χ4v) is 2.90. The zero-order valence-electron chi connectivity index (χ0n) is 18.3. The Morgan fingerprint density at radius 2 is 1.67 bits per heavy atom. The summed E-state index contributed by atoms with van der Waals surface area (Å²) in [5.74, 6) is 2.60. The van der Waals surface area contributed by atoms with Crippen LogP contribution in [0.2, 0.25) is 0 Å². The smallest absolute Gasteiger partial charge is 0.193 e. The van der Waals surface area contributed by atoms with E-state index in [2.05, 4.69) is 15.2 Å². The van der Waals surface area contributed by atoms with Crippen LogP contribution in [-0.4, -0.2) is 51.8 Å². The molecule has 1 unspecified atom stereocenters. The van der Waals surface area contributed by atoms with Gasteiger partial charge in [0.15, 0.2) is 5.96 Å². The third kappa shape index (κ3) is 7.56. The molecular weight excluding hydrogens is 495 g/mol. The van der Waals surface area contributed by atoms with E-state index < -0.39 is 0 Å². The van der Waals surface area contributed by atoms with Crippen LogP contribution in [0.15, 0.2) is 47.5 Å². The van der Waals surface area contributed by atoms with Gasteiger partial charge in [0.25, 0.3) is 0 Å². The Morgan fingerprint density at radius 1 is 1.03 bits per heavy atom. The van der Waals surface area contributed by atoms with Crippen LogP contribution in [0.25, 0.3) is 0 Å². The summed E-state index contributed by atoms with van der Waals surface area (Å²) in [6.07, 6.45) is 0. The first kappa shape index (κ1) is 25.8. The maximum Gasteiger partial charge on any atom is 0.193 e. The van der Waals surface area contributed by atoms with Gasteiger partial charge < -0.3 is 30.2 Å². The number of hydrogen-bond donors (Lipinski definition) is 2. The molecule has 0 bridgehead atoms. The van der Waals surface area contributed by atoms with Crippen molar-refractivity contribution >= 4 is 35.6 Å². The lowest BCUT2D eigenvalue weighted by atomic mass is 10.1. The summed E-state index contributed by atoms with van der Waals surface area (Å²) < 4.78 is 16.5. The highest BCUT2D eigenvalue weighted by Crippen LogP contribution is 2.29. The highest BCUT2D eigenvalue weighted by Gasteiger charge is 2.14. The molecule has 3 N–H and O–H groups in total. The standard InChI is InChI=1S/C22H32N4O3.HI/c1-6-28-18-12-13-21(29-7-2)19(14-18)25-22(23)24-15-20(26(3)4)16-8-10-17(27-5)11-9-16;/h8-14,20H,6-7,15H2,1-5H3,(H3,23,24,25);1H. The van der Waals surface area contributed by atoms with Crippen LogP contribution in [0.1, 0.15) is 25.5 Å². The van der Waals surface area contributed by atoms with E-state index in [1.807, 2.05) is 70.4 Å². The third-order valence-corrected chi connectivity index (χ3v) is 4.38. The number of anilines is 1. The average Bonchev–Trinajstić information content (AvgIpc) is 2.70. The lowest BCUT2D eigenvalue weighted by Crippen LogP contribution is -2.27. The molecule has 0 spiro atoms. The number of guanidine groups is 1. The molecule has 0 heterocycles. The number of nitrogens with one attached hydrogen (secondary N) is 1. The Bertz CT molecular complexity index is 797. The van der Waals surface area contributed by atoms with Gasteiger partial charge in [-0.2, -0.15) is 0 Å². The van der Waals surface area contributed by atoms with Crippen LogP contribution in [0.3, 0.4) is 0 Å². The first-order valence-electron chi connectivity index (χ1n) is 9.75. The van der Waals surface area contributed by atoms with E-state index in [0.29, 0.717) is 31.5 Å². The monoisotopic (exact) mass is 528 g/mol. The molecule has 0 fully saturated rings. The minimum atomic E-state index is 0. The zero-order valence-corrected chi connectivity index (χ0v) is 20.7. The molecule has 0 amide bonds. The molecule has 30 heavy (non-hydrogen) atoms. The Hall–Kier alpha value is -2.20. The van der Waals surface area contributed by atoms with E-state index in [1.54, 1.807) is 7.11 Å². The first-order valence-corrected chi connectivity index (χ1v) is 9.75. The molecule has 7 nitrogen and oxygen atoms in total. The molecular formula is C22H33IN4O3. The largest absolute Gasteiger partial charge is 0.497 e. The van der Waals surface area contributed by atoms with Gasteiger partial charge in [0.05, 0.1) is 38.6 Å². The van der Waals surface area contributed by atoms with E-state index in [-0.39, 0.29) is 30.0 Å². The molecule has 166 valence electrons. The topological polar surface area (TPSA) is 81.3 Å². The molecule has 8 heteroatoms. The van der Waals surface area contributed by atoms with Crippen LogP contribution in [0, 0.1) is 0 Å². The number of likely N-dealkylation sites (N-methyl/N-ethyl adjacent to an activating group) is 1. The normalized spacial score (nSPS) is 12.1. The summed E-state index contributed by atoms with van der Waals surface area (Å²) in [6, 6.07) is 13.7. The summed E-state index contributed by atoms with van der Waals surface area (Å²) in [4.78, 5) is 6.66. The Labute approximate surface area is 196 Å². The second kappa shape index (κ2) is 13.2. The fourth-order valence-electron chi connectivity index (χ4n) is 2.90. The van der Waals surface area contributed by atoms with Crippen LogP contribution >= 0.6 is 24.0 Å². The number of rotatable bonds is 10. The van der Waals surface area contributed by atoms with E-state index in [1.165, 1.54) is 0 Å². The number of aliphatic imine (C=N–C) groups is 1. The SMILES string of the molecule is CCOc1ccc(OCC)c(NC(N)=NCC(c2ccc(OC)cc2)N(C)C)c1.I. The Kier molecular flexibility index (Phi) is 11.3. The molecule has 2 aromatic rings. The highest BCUT2D eigenvalue weighted by atomic mass is 127. The molecule has 2 aromatic carbocycles. The van der Waals surface area contributed by atoms with Gasteiger partial charge in [0.1, 0.15) is 17.2 Å². The van der Waals surface area contributed by atoms with Crippen molar-refractivity contribution < 1.29 is 14.2 Å². The number of hydrogen-bond acceptors (Lipinski definition) is 5. The minimum absolute atomic E-state index is 0. The zero-order chi connectivity index (χ0) is 21.2. The molecule has 2 rings (SSSR count). The summed E-state index contributed by atoms with van der Waals surface area (Å²) >= 11 is 0. The van der Waals surface area contributed by atoms with Gasteiger partial charge in [-0.05, 0) is 57.8 Å². The quantitative estimate of drug-likeness (QED) is 0.274. The van der Waals surface area contributed by atoms with E-state index in [4.69, 9.17) is 19.9 Å². The summed E-state index contributed by atoms with van der Waals surface area (Å²) in [5.41, 5.74) is 8.04. The predicted octanol–water partition coefficient (Wildman–Crippen LogP) is 4.14. The minimum Gasteiger partial charge on any atom is -0.497 e. The Balaban J connectivity index is 0.00000450. The predicted molar refractivity (Wildman–Crippen MR) is 134 cm³/mol. The van der Waals surface area contributed by atoms with Crippen molar-refractivity contribution in [2.75, 3.05) is 46.3 Å². The van der Waals surface area contributed by atoms with Gasteiger partial charge in [-0.15, -0.1) is 24.0 Å². The lowest BCUT2D eigenvalue weighted by molar-refractivity contribution is 0.306. The summed E-state index contributed by atoms with van der Waals surface area (Å²) in [6.45, 7) is 5.53. The van der Waals surface area contributed by atoms with Crippen molar-refractivity contribution in [2.45, 2.75) is 19.9 Å². The van der Waals surface area contributed by atoms with E-state index in [9.17, 15) is 0 Å². The second-order valence-electron chi connectivity index (χ2n) is 6.63. The highest BCUT2D eigenvalue weighted by molar-refractivity contribution is 14.0. The van der Waals surface area contributed by atoms with Crippen LogP contribution < -0.4 is 25.3 Å². The maximum atomic E-state index is 6.17. The van der Waals surface area contributed by atoms with Gasteiger partial charge in [-0.25, -0.2) is 0 Å². The molecule has 0 aliphatic carbocycles. The van der Waals surface area contributed by atoms with Crippen molar-refractivity contribution in [3.8, 4) is 17.2 Å². The van der Waals surface area contributed by atoms with Crippen LogP contribution in [0.5, 0.6) is 17.2 Å². The van der Waals surface area contributed by atoms with Gasteiger partial charge in [0, 0.05) is 6.07 Å². The van der Waals surface area contributed by atoms with E-state index >= 15 is 0 Å². The molecule has 0 radical (unpaired) electrons. The van der Waals surface area contributed by atoms with Crippen molar-refractivity contribution in [1.29, 1.82) is 0 Å². The second-order valence-corrected chi connectivity index (χ2v) is 6.63. The summed E-state index contributed by atoms with van der Waals surface area (Å²) in [7, 11) is 5.70. The number of benzene rings is 2. The number of ether oxygens (including phenoxy) is 3. The van der Waals surface area contributed by atoms with Crippen molar-refractivity contribution in [1.82, 2.24) is 4.90 Å². The van der Waals surface area contributed by atoms with Crippen molar-refractivity contribution in [3.05, 3.63) is 48.0 Å². The molecule has 0 aliphatic rings. The van der Waals surface area contributed by atoms with Crippen LogP contribution in [-0.2, 0) is 0 Å². The average molecular weight is 528 g/mol. The maximum absolute atomic E-state index is 6.17. The number of halogens is 1. The van der Waals surface area contributed by atoms with Gasteiger partial charge >= 0.3 is 0 Å². The summed E-state index contributed by atoms with van der Waals surface area (Å²) in [5, 5.41) is 3.14. The van der Waals surface area contributed by atoms with Gasteiger partial charge in [-0.3, -0.25) is 4.99 Å². The molecule has 0 saturated heterocycles. The van der Waals surface area contributed by atoms with Crippen LogP contribution in [0.4, 0.5) is 5.69 Å². The first-order chi connectivity index (χ1) is 14.0. The molecule has 0 aliphatic heterocycles. The molecule has 0 aromatic heterocycles. The molecule has 0 saturated carbocycles.